The summed E-state index contributed by atoms with van der Waals surface area (Å²) in [5.74, 6) is -1.32. The topological polar surface area (TPSA) is 83.6 Å². The van der Waals surface area contributed by atoms with Crippen LogP contribution in [-0.2, 0) is 4.79 Å². The van der Waals surface area contributed by atoms with Crippen molar-refractivity contribution in [1.29, 1.82) is 0 Å². The molecular formula is C15H15ClN2O4. The van der Waals surface area contributed by atoms with Gasteiger partial charge in [-0.05, 0) is 26.0 Å². The highest BCUT2D eigenvalue weighted by atomic mass is 35.5. The first-order valence-corrected chi connectivity index (χ1v) is 6.86. The van der Waals surface area contributed by atoms with Crippen molar-refractivity contribution in [2.75, 3.05) is 7.05 Å². The molecule has 0 aliphatic heterocycles. The molecule has 0 spiro atoms. The van der Waals surface area contributed by atoms with Crippen molar-refractivity contribution < 1.29 is 19.2 Å². The summed E-state index contributed by atoms with van der Waals surface area (Å²) >= 11 is 6.06. The number of amides is 1. The Labute approximate surface area is 132 Å². The van der Waals surface area contributed by atoms with Crippen LogP contribution in [0.5, 0.6) is 0 Å². The van der Waals surface area contributed by atoms with Gasteiger partial charge in [0.1, 0.15) is 5.54 Å². The first-order valence-electron chi connectivity index (χ1n) is 6.48. The van der Waals surface area contributed by atoms with E-state index in [0.29, 0.717) is 16.3 Å². The highest BCUT2D eigenvalue weighted by molar-refractivity contribution is 6.33. The largest absolute Gasteiger partial charge is 0.480 e. The Hall–Kier alpha value is -2.34. The molecule has 7 heteroatoms. The number of hydrogen-bond acceptors (Lipinski definition) is 4. The Morgan fingerprint density at radius 2 is 1.95 bits per heavy atom. The van der Waals surface area contributed by atoms with Crippen LogP contribution in [0.2, 0.25) is 5.02 Å². The summed E-state index contributed by atoms with van der Waals surface area (Å²) in [4.78, 5) is 24.6. The van der Waals surface area contributed by atoms with Crippen molar-refractivity contribution in [2.45, 2.75) is 19.4 Å². The molecule has 1 aromatic heterocycles. The zero-order valence-electron chi connectivity index (χ0n) is 12.3. The maximum atomic E-state index is 12.3. The van der Waals surface area contributed by atoms with Crippen LogP contribution in [-0.4, -0.2) is 39.6 Å². The summed E-state index contributed by atoms with van der Waals surface area (Å²) in [5, 5.41) is 13.4. The van der Waals surface area contributed by atoms with Crippen LogP contribution in [0.25, 0.3) is 11.3 Å². The molecular weight excluding hydrogens is 308 g/mol. The minimum atomic E-state index is -1.36. The maximum Gasteiger partial charge on any atom is 0.329 e. The van der Waals surface area contributed by atoms with E-state index in [1.165, 1.54) is 27.0 Å². The third-order valence-electron chi connectivity index (χ3n) is 3.54. The van der Waals surface area contributed by atoms with Crippen LogP contribution in [0.4, 0.5) is 0 Å². The molecule has 1 N–H and O–H groups in total. The average molecular weight is 323 g/mol. The molecule has 0 saturated heterocycles. The van der Waals surface area contributed by atoms with Crippen LogP contribution in [0.3, 0.4) is 0 Å². The van der Waals surface area contributed by atoms with Crippen LogP contribution in [0, 0.1) is 0 Å². The maximum absolute atomic E-state index is 12.3. The number of halogens is 1. The van der Waals surface area contributed by atoms with E-state index in [2.05, 4.69) is 5.16 Å². The number of carbonyl (C=O) groups excluding carboxylic acids is 1. The fraction of sp³-hybridized carbons (Fsp3) is 0.267. The summed E-state index contributed by atoms with van der Waals surface area (Å²) < 4.78 is 5.15. The Balaban J connectivity index is 2.31. The monoisotopic (exact) mass is 322 g/mol. The second-order valence-electron chi connectivity index (χ2n) is 5.28. The van der Waals surface area contributed by atoms with Gasteiger partial charge in [-0.3, -0.25) is 4.79 Å². The number of rotatable bonds is 4. The summed E-state index contributed by atoms with van der Waals surface area (Å²) in [5.41, 5.74) is -0.733. The van der Waals surface area contributed by atoms with Crippen molar-refractivity contribution in [2.24, 2.45) is 0 Å². The molecule has 0 aliphatic carbocycles. The lowest BCUT2D eigenvalue weighted by Crippen LogP contribution is -2.50. The molecule has 22 heavy (non-hydrogen) atoms. The molecule has 0 atom stereocenters. The van der Waals surface area contributed by atoms with Gasteiger partial charge in [-0.15, -0.1) is 0 Å². The normalized spacial score (nSPS) is 11.3. The lowest BCUT2D eigenvalue weighted by Gasteiger charge is -2.30. The van der Waals surface area contributed by atoms with Crippen molar-refractivity contribution in [1.82, 2.24) is 10.1 Å². The third-order valence-corrected chi connectivity index (χ3v) is 3.86. The Bertz CT molecular complexity index is 724. The molecule has 0 aliphatic rings. The van der Waals surface area contributed by atoms with Gasteiger partial charge >= 0.3 is 5.97 Å². The fourth-order valence-electron chi connectivity index (χ4n) is 1.73. The summed E-state index contributed by atoms with van der Waals surface area (Å²) in [6, 6.07) is 8.43. The van der Waals surface area contributed by atoms with Crippen LogP contribution in [0.15, 0.2) is 34.9 Å². The average Bonchev–Trinajstić information content (AvgIpc) is 2.95. The lowest BCUT2D eigenvalue weighted by atomic mass is 10.0. The van der Waals surface area contributed by atoms with Gasteiger partial charge < -0.3 is 14.5 Å². The zero-order chi connectivity index (χ0) is 16.5. The predicted molar refractivity (Wildman–Crippen MR) is 80.8 cm³/mol. The molecule has 0 radical (unpaired) electrons. The van der Waals surface area contributed by atoms with Crippen molar-refractivity contribution in [3.05, 3.63) is 41.0 Å². The third kappa shape index (κ3) is 2.82. The quantitative estimate of drug-likeness (QED) is 0.935. The standard InChI is InChI=1S/C15H15ClN2O4/c1-15(2,14(20)21)18(3)13(19)11-8-12(22-17-11)9-6-4-5-7-10(9)16/h4-8H,1-3H3,(H,20,21). The van der Waals surface area contributed by atoms with Crippen molar-refractivity contribution >= 4 is 23.5 Å². The van der Waals surface area contributed by atoms with E-state index in [9.17, 15) is 14.7 Å². The van der Waals surface area contributed by atoms with Gasteiger partial charge in [0.25, 0.3) is 5.91 Å². The molecule has 2 rings (SSSR count). The second-order valence-corrected chi connectivity index (χ2v) is 5.69. The van der Waals surface area contributed by atoms with E-state index in [1.54, 1.807) is 24.3 Å². The van der Waals surface area contributed by atoms with Gasteiger partial charge in [-0.25, -0.2) is 4.79 Å². The van der Waals surface area contributed by atoms with Crippen LogP contribution >= 0.6 is 11.6 Å². The first-order chi connectivity index (χ1) is 10.2. The van der Waals surface area contributed by atoms with Gasteiger partial charge in [0, 0.05) is 18.7 Å². The number of hydrogen-bond donors (Lipinski definition) is 1. The minimum Gasteiger partial charge on any atom is -0.480 e. The van der Waals surface area contributed by atoms with Gasteiger partial charge in [0.2, 0.25) is 0 Å². The smallest absolute Gasteiger partial charge is 0.329 e. The molecule has 0 unspecified atom stereocenters. The zero-order valence-corrected chi connectivity index (χ0v) is 13.1. The van der Waals surface area contributed by atoms with Gasteiger partial charge in [0.15, 0.2) is 11.5 Å². The first kappa shape index (κ1) is 16.0. The fourth-order valence-corrected chi connectivity index (χ4v) is 1.96. The highest BCUT2D eigenvalue weighted by Gasteiger charge is 2.36. The number of aromatic nitrogens is 1. The van der Waals surface area contributed by atoms with E-state index in [-0.39, 0.29) is 5.69 Å². The summed E-state index contributed by atoms with van der Waals surface area (Å²) in [6.07, 6.45) is 0. The van der Waals surface area contributed by atoms with E-state index < -0.39 is 17.4 Å². The van der Waals surface area contributed by atoms with Crippen LogP contribution in [0.1, 0.15) is 24.3 Å². The molecule has 6 nitrogen and oxygen atoms in total. The lowest BCUT2D eigenvalue weighted by molar-refractivity contribution is -0.147. The molecule has 0 bridgehead atoms. The van der Waals surface area contributed by atoms with Crippen molar-refractivity contribution in [3.63, 3.8) is 0 Å². The van der Waals surface area contributed by atoms with E-state index >= 15 is 0 Å². The molecule has 1 amide bonds. The van der Waals surface area contributed by atoms with E-state index in [1.807, 2.05) is 0 Å². The molecule has 1 heterocycles. The molecule has 1 aromatic carbocycles. The number of benzene rings is 1. The number of carboxylic acids is 1. The molecule has 2 aromatic rings. The van der Waals surface area contributed by atoms with E-state index in [0.717, 1.165) is 4.90 Å². The van der Waals surface area contributed by atoms with Crippen LogP contribution < -0.4 is 0 Å². The van der Waals surface area contributed by atoms with Gasteiger partial charge in [-0.2, -0.15) is 0 Å². The van der Waals surface area contributed by atoms with Gasteiger partial charge in [0.05, 0.1) is 5.02 Å². The summed E-state index contributed by atoms with van der Waals surface area (Å²) in [7, 11) is 1.40. The minimum absolute atomic E-state index is 0.0201. The molecule has 0 saturated carbocycles. The number of carboxylic acid groups (broad SMARTS) is 1. The molecule has 0 fully saturated rings. The Morgan fingerprint density at radius 1 is 1.32 bits per heavy atom. The number of likely N-dealkylation sites (N-methyl/N-ethyl adjacent to an activating group) is 1. The molecule has 116 valence electrons. The second kappa shape index (κ2) is 5.81. The highest BCUT2D eigenvalue weighted by Crippen LogP contribution is 2.28. The van der Waals surface area contributed by atoms with Crippen molar-refractivity contribution in [3.8, 4) is 11.3 Å². The number of aliphatic carboxylic acids is 1. The SMILES string of the molecule is CN(C(=O)c1cc(-c2ccccc2Cl)on1)C(C)(C)C(=O)O. The number of carbonyl (C=O) groups is 2. The predicted octanol–water partition coefficient (Wildman–Crippen LogP) is 2.93. The number of nitrogens with zero attached hydrogens (tertiary/aromatic N) is 2. The summed E-state index contributed by atoms with van der Waals surface area (Å²) in [6.45, 7) is 2.87. The Kier molecular flexibility index (Phi) is 4.23. The Morgan fingerprint density at radius 3 is 2.55 bits per heavy atom. The van der Waals surface area contributed by atoms with Gasteiger partial charge in [-0.1, -0.05) is 28.9 Å². The van der Waals surface area contributed by atoms with E-state index in [4.69, 9.17) is 16.1 Å².